The van der Waals surface area contributed by atoms with Crippen molar-refractivity contribution >= 4 is 86.2 Å². The van der Waals surface area contributed by atoms with E-state index in [1.54, 1.807) is 0 Å². The van der Waals surface area contributed by atoms with Crippen LogP contribution in [0.5, 0.6) is 0 Å². The first-order valence-corrected chi connectivity index (χ1v) is 22.1. The van der Waals surface area contributed by atoms with E-state index in [0.717, 1.165) is 0 Å². The minimum absolute atomic E-state index is 0.00217. The van der Waals surface area contributed by atoms with E-state index in [4.69, 9.17) is 0 Å². The highest BCUT2D eigenvalue weighted by Gasteiger charge is 2.24. The maximum Gasteiger partial charge on any atom is -0.00197 e. The van der Waals surface area contributed by atoms with E-state index in [0.29, 0.717) is 11.8 Å². The van der Waals surface area contributed by atoms with Gasteiger partial charge >= 0.3 is 0 Å². The Morgan fingerprint density at radius 1 is 0.267 bits per heavy atom. The van der Waals surface area contributed by atoms with Crippen molar-refractivity contribution in [2.75, 3.05) is 0 Å². The van der Waals surface area contributed by atoms with Crippen molar-refractivity contribution in [3.8, 4) is 22.3 Å². The molecule has 0 aliphatic rings. The fourth-order valence-corrected chi connectivity index (χ4v) is 10.3. The van der Waals surface area contributed by atoms with E-state index in [-0.39, 0.29) is 10.8 Å². The zero-order chi connectivity index (χ0) is 41.6. The fraction of sp³-hybridized carbons (Fsp3) is 0.233. The van der Waals surface area contributed by atoms with Crippen LogP contribution < -0.4 is 0 Å². The lowest BCUT2D eigenvalue weighted by molar-refractivity contribution is 0.591. The third-order valence-electron chi connectivity index (χ3n) is 14.0. The second-order valence-corrected chi connectivity index (χ2v) is 20.6. The molecule has 0 saturated carbocycles. The number of hydrogen-bond acceptors (Lipinski definition) is 0. The van der Waals surface area contributed by atoms with Crippen molar-refractivity contribution in [2.45, 2.75) is 91.9 Å². The Bertz CT molecular complexity index is 3270. The summed E-state index contributed by atoms with van der Waals surface area (Å²) in [7, 11) is 0. The molecule has 0 N–H and O–H groups in total. The molecular formula is C60H54. The van der Waals surface area contributed by atoms with Gasteiger partial charge in [0, 0.05) is 0 Å². The Morgan fingerprint density at radius 2 is 0.533 bits per heavy atom. The summed E-state index contributed by atoms with van der Waals surface area (Å²) in [5.41, 5.74) is 10.6. The van der Waals surface area contributed by atoms with Gasteiger partial charge in [-0.25, -0.2) is 0 Å². The van der Waals surface area contributed by atoms with E-state index < -0.39 is 0 Å². The van der Waals surface area contributed by atoms with E-state index in [1.165, 1.54) is 131 Å². The van der Waals surface area contributed by atoms with Crippen LogP contribution in [0.2, 0.25) is 0 Å². The number of fused-ring (bicyclic) bond motifs is 11. The first-order valence-electron chi connectivity index (χ1n) is 22.1. The predicted molar refractivity (Wildman–Crippen MR) is 265 cm³/mol. The van der Waals surface area contributed by atoms with Crippen LogP contribution in [0.4, 0.5) is 0 Å². The number of rotatable bonds is 4. The van der Waals surface area contributed by atoms with Gasteiger partial charge in [-0.15, -0.1) is 0 Å². The number of hydrogen-bond donors (Lipinski definition) is 0. The molecule has 0 heteroatoms. The highest BCUT2D eigenvalue weighted by molar-refractivity contribution is 6.40. The van der Waals surface area contributed by atoms with Gasteiger partial charge in [-0.1, -0.05) is 154 Å². The molecule has 11 aromatic rings. The third-order valence-corrected chi connectivity index (χ3v) is 14.0. The highest BCUT2D eigenvalue weighted by Crippen LogP contribution is 2.50. The zero-order valence-electron chi connectivity index (χ0n) is 36.9. The van der Waals surface area contributed by atoms with Crippen LogP contribution in [0, 0.1) is 0 Å². The standard InChI is InChI=1S/C60H54/c1-33(2)35-11-15-37(16-12-35)39-19-21-43-47(25-39)53-29-41(59(5,6)7)27-51-45-23-24-46-50(49(45)31-55(43)57(51)53)32-56-44-22-20-40(38-17-13-36(14-18-38)34(3)4)26-48(44)54-30-42(60(8,9)10)28-52(46)58(54)56/h11-34H,1-10H3. The van der Waals surface area contributed by atoms with Crippen LogP contribution in [0.15, 0.2) is 133 Å². The van der Waals surface area contributed by atoms with Crippen molar-refractivity contribution in [3.05, 3.63) is 156 Å². The van der Waals surface area contributed by atoms with Crippen molar-refractivity contribution in [1.29, 1.82) is 0 Å². The van der Waals surface area contributed by atoms with Gasteiger partial charge in [0.15, 0.2) is 0 Å². The summed E-state index contributed by atoms with van der Waals surface area (Å²) < 4.78 is 0. The summed E-state index contributed by atoms with van der Waals surface area (Å²) in [4.78, 5) is 0. The molecule has 0 spiro atoms. The van der Waals surface area contributed by atoms with Crippen LogP contribution in [-0.2, 0) is 10.8 Å². The van der Waals surface area contributed by atoms with Gasteiger partial charge in [-0.3, -0.25) is 0 Å². The molecule has 294 valence electrons. The number of benzene rings is 9. The van der Waals surface area contributed by atoms with Crippen LogP contribution >= 0.6 is 0 Å². The van der Waals surface area contributed by atoms with E-state index in [9.17, 15) is 0 Å². The normalized spacial score (nSPS) is 13.1. The summed E-state index contributed by atoms with van der Waals surface area (Å²) in [6.07, 6.45) is 0. The van der Waals surface area contributed by atoms with Gasteiger partial charge in [-0.05, 0) is 202 Å². The molecule has 0 heterocycles. The molecular weight excluding hydrogens is 721 g/mol. The van der Waals surface area contributed by atoms with Crippen molar-refractivity contribution in [1.82, 2.24) is 0 Å². The largest absolute Gasteiger partial charge is 0.0587 e. The van der Waals surface area contributed by atoms with Gasteiger partial charge < -0.3 is 0 Å². The van der Waals surface area contributed by atoms with Crippen LogP contribution in [0.3, 0.4) is 0 Å². The first kappa shape index (κ1) is 37.1. The fourth-order valence-electron chi connectivity index (χ4n) is 10.3. The van der Waals surface area contributed by atoms with Gasteiger partial charge in [0.05, 0.1) is 0 Å². The highest BCUT2D eigenvalue weighted by atomic mass is 14.3. The Labute approximate surface area is 354 Å². The SMILES string of the molecule is CC(C)c1ccc(-c2ccc3c(c2)c2cc(C(C)(C)C)cc4c5ccc6c(cc7c8ccc(-c9ccc(C(C)C)cc9)cc8c8cc(C(C)(C)C)cc6c87)c5cc3c42)cc1. The first-order chi connectivity index (χ1) is 28.6. The summed E-state index contributed by atoms with van der Waals surface area (Å²) in [5.74, 6) is 1.03. The minimum atomic E-state index is -0.00217. The lowest BCUT2D eigenvalue weighted by Crippen LogP contribution is -2.10. The van der Waals surface area contributed by atoms with E-state index >= 15 is 0 Å². The van der Waals surface area contributed by atoms with Crippen LogP contribution in [0.1, 0.15) is 103 Å². The van der Waals surface area contributed by atoms with E-state index in [2.05, 4.69) is 203 Å². The van der Waals surface area contributed by atoms with E-state index in [1.807, 2.05) is 0 Å². The van der Waals surface area contributed by atoms with Gasteiger partial charge in [-0.2, -0.15) is 0 Å². The summed E-state index contributed by atoms with van der Waals surface area (Å²) >= 11 is 0. The molecule has 0 radical (unpaired) electrons. The summed E-state index contributed by atoms with van der Waals surface area (Å²) in [6.45, 7) is 23.2. The zero-order valence-corrected chi connectivity index (χ0v) is 36.9. The van der Waals surface area contributed by atoms with Crippen molar-refractivity contribution < 1.29 is 0 Å². The Hall–Kier alpha value is -5.98. The molecule has 60 heavy (non-hydrogen) atoms. The Morgan fingerprint density at radius 3 is 0.850 bits per heavy atom. The van der Waals surface area contributed by atoms with Gasteiger partial charge in [0.25, 0.3) is 0 Å². The van der Waals surface area contributed by atoms with Crippen molar-refractivity contribution in [2.24, 2.45) is 0 Å². The Kier molecular flexibility index (Phi) is 7.88. The van der Waals surface area contributed by atoms with Gasteiger partial charge in [0.1, 0.15) is 0 Å². The summed E-state index contributed by atoms with van der Waals surface area (Å²) in [5, 5.41) is 21.6. The van der Waals surface area contributed by atoms with Gasteiger partial charge in [0.2, 0.25) is 0 Å². The molecule has 0 aliphatic carbocycles. The Balaban J connectivity index is 1.23. The minimum Gasteiger partial charge on any atom is -0.0587 e. The molecule has 0 amide bonds. The molecule has 0 aromatic heterocycles. The smallest absolute Gasteiger partial charge is 0.00197 e. The molecule has 0 atom stereocenters. The van der Waals surface area contributed by atoms with Crippen molar-refractivity contribution in [3.63, 3.8) is 0 Å². The molecule has 11 aromatic carbocycles. The molecule has 0 saturated heterocycles. The maximum atomic E-state index is 2.54. The lowest BCUT2D eigenvalue weighted by Gasteiger charge is -2.21. The summed E-state index contributed by atoms with van der Waals surface area (Å²) in [6, 6.07) is 52.7. The average molecular weight is 775 g/mol. The second-order valence-electron chi connectivity index (χ2n) is 20.6. The average Bonchev–Trinajstić information content (AvgIpc) is 3.72. The quantitative estimate of drug-likeness (QED) is 0.156. The topological polar surface area (TPSA) is 0 Å². The van der Waals surface area contributed by atoms with Crippen LogP contribution in [-0.4, -0.2) is 0 Å². The van der Waals surface area contributed by atoms with Crippen LogP contribution in [0.25, 0.3) is 108 Å². The lowest BCUT2D eigenvalue weighted by atomic mass is 9.83. The second kappa shape index (κ2) is 12.8. The molecule has 0 unspecified atom stereocenters. The maximum absolute atomic E-state index is 2.54. The third kappa shape index (κ3) is 5.49. The predicted octanol–water partition coefficient (Wildman–Crippen LogP) is 18.0. The molecule has 0 aliphatic heterocycles. The molecule has 0 nitrogen and oxygen atoms in total. The molecule has 0 bridgehead atoms. The molecule has 0 fully saturated rings. The monoisotopic (exact) mass is 774 g/mol. The molecule has 11 rings (SSSR count).